The number of aromatic nitrogens is 4. The summed E-state index contributed by atoms with van der Waals surface area (Å²) in [5, 5.41) is 12.3. The average Bonchev–Trinajstić information content (AvgIpc) is 3.97. The Labute approximate surface area is 298 Å². The van der Waals surface area contributed by atoms with Crippen LogP contribution in [0.3, 0.4) is 0 Å². The summed E-state index contributed by atoms with van der Waals surface area (Å²) in [6.45, 7) is 2.30. The molecule has 4 aromatic heterocycles. The van der Waals surface area contributed by atoms with E-state index >= 15 is 8.78 Å². The lowest BCUT2D eigenvalue weighted by atomic mass is 9.93. The van der Waals surface area contributed by atoms with Gasteiger partial charge in [-0.05, 0) is 72.5 Å². The van der Waals surface area contributed by atoms with Crippen LogP contribution in [-0.4, -0.2) is 50.8 Å². The molecule has 2 aliphatic heterocycles. The Kier molecular flexibility index (Phi) is 7.75. The number of hydrogen-bond donors (Lipinski definition) is 1. The highest BCUT2D eigenvalue weighted by atomic mass is 32.1. The van der Waals surface area contributed by atoms with Crippen LogP contribution in [0.25, 0.3) is 32.0 Å². The Balaban J connectivity index is 1.20. The molecule has 1 amide bonds. The Morgan fingerprint density at radius 1 is 1.04 bits per heavy atom. The minimum absolute atomic E-state index is 0.130. The predicted molar refractivity (Wildman–Crippen MR) is 186 cm³/mol. The number of ether oxygens (including phenoxy) is 1. The Hall–Kier alpha value is -5.37. The first-order valence-corrected chi connectivity index (χ1v) is 17.8. The number of halogens is 4. The summed E-state index contributed by atoms with van der Waals surface area (Å²) in [5.41, 5.74) is 3.96. The smallest absolute Gasteiger partial charge is 0.257 e. The molecule has 0 bridgehead atoms. The largest absolute Gasteiger partial charge is 0.493 e. The predicted octanol–water partition coefficient (Wildman–Crippen LogP) is 8.59. The third kappa shape index (κ3) is 5.06. The number of anilines is 1. The summed E-state index contributed by atoms with van der Waals surface area (Å²) in [4.78, 5) is 26.4. The van der Waals surface area contributed by atoms with Gasteiger partial charge in [-0.1, -0.05) is 18.2 Å². The van der Waals surface area contributed by atoms with Crippen LogP contribution >= 0.6 is 11.3 Å². The SMILES string of the molecule is COc1c(F)ccc2c1[C@@H](F)[C@H](F)[C@@H]2Nc1nccc2cc(-c3c4c(nc(CCc5ccc(F)cc5)c3-c3nnc(C)o3)C3CCCN3C4=O)sc12. The number of thiophene rings is 1. The molecule has 6 aromatic rings. The number of nitrogens with zero attached hydrogens (tertiary/aromatic N) is 5. The summed E-state index contributed by atoms with van der Waals surface area (Å²) < 4.78 is 71.0. The standard InChI is InChI=1S/C38H30F4N6O3S/c1-17-46-47-37(51-17)27-23(12-7-18-5-8-20(39)9-6-18)44-33-24-4-3-15-48(24)38(49)29(33)28(27)25-16-19-13-14-43-36(35(19)52-25)45-32-21-10-11-22(40)34(50-2)26(21)30(41)31(32)42/h5-6,8-11,13-14,16,24,30-32H,3-4,7,12,15H2,1-2H3,(H,43,45)/t24?,30-,31+,32-/m1/s1. The average molecular weight is 727 g/mol. The number of aryl methyl sites for hydroxylation is 3. The highest BCUT2D eigenvalue weighted by molar-refractivity contribution is 7.23. The minimum atomic E-state index is -2.11. The molecule has 14 heteroatoms. The van der Waals surface area contributed by atoms with Gasteiger partial charge in [0.15, 0.2) is 23.9 Å². The number of alkyl halides is 2. The van der Waals surface area contributed by atoms with Crippen LogP contribution in [0.5, 0.6) is 5.75 Å². The van der Waals surface area contributed by atoms with E-state index in [1.807, 2.05) is 11.0 Å². The highest BCUT2D eigenvalue weighted by Crippen LogP contribution is 2.52. The lowest BCUT2D eigenvalue weighted by Gasteiger charge is -2.18. The molecule has 2 aromatic carbocycles. The highest BCUT2D eigenvalue weighted by Gasteiger charge is 2.46. The molecule has 6 heterocycles. The van der Waals surface area contributed by atoms with Crippen molar-refractivity contribution in [2.45, 2.75) is 57.0 Å². The van der Waals surface area contributed by atoms with Gasteiger partial charge in [-0.25, -0.2) is 22.5 Å². The molecule has 9 nitrogen and oxygen atoms in total. The number of rotatable bonds is 8. The van der Waals surface area contributed by atoms with Crippen LogP contribution in [0.2, 0.25) is 0 Å². The topological polar surface area (TPSA) is 106 Å². The summed E-state index contributed by atoms with van der Waals surface area (Å²) >= 11 is 1.33. The van der Waals surface area contributed by atoms with E-state index in [0.29, 0.717) is 68.8 Å². The van der Waals surface area contributed by atoms with Crippen molar-refractivity contribution >= 4 is 33.1 Å². The zero-order valence-electron chi connectivity index (χ0n) is 27.9. The second-order valence-corrected chi connectivity index (χ2v) is 14.3. The molecule has 1 aliphatic carbocycles. The first-order valence-electron chi connectivity index (χ1n) is 16.9. The normalized spacial score (nSPS) is 20.4. The summed E-state index contributed by atoms with van der Waals surface area (Å²) in [7, 11) is 1.22. The van der Waals surface area contributed by atoms with E-state index in [0.717, 1.165) is 29.9 Å². The summed E-state index contributed by atoms with van der Waals surface area (Å²) in [6.07, 6.45) is 0.0502. The maximum atomic E-state index is 15.7. The first kappa shape index (κ1) is 32.5. The third-order valence-electron chi connectivity index (χ3n) is 10.2. The van der Waals surface area contributed by atoms with Crippen LogP contribution in [-0.2, 0) is 12.8 Å². The molecule has 4 atom stereocenters. The number of methoxy groups -OCH3 is 1. The van der Waals surface area contributed by atoms with Crippen molar-refractivity contribution in [2.24, 2.45) is 0 Å². The van der Waals surface area contributed by atoms with Gasteiger partial charge in [0.1, 0.15) is 11.6 Å². The fourth-order valence-corrected chi connectivity index (χ4v) is 9.03. The van der Waals surface area contributed by atoms with Gasteiger partial charge in [0.2, 0.25) is 11.8 Å². The molecule has 52 heavy (non-hydrogen) atoms. The van der Waals surface area contributed by atoms with E-state index in [4.69, 9.17) is 14.1 Å². The van der Waals surface area contributed by atoms with Crippen molar-refractivity contribution in [2.75, 3.05) is 19.0 Å². The van der Waals surface area contributed by atoms with E-state index < -0.39 is 24.2 Å². The number of pyridine rings is 2. The first-order chi connectivity index (χ1) is 25.2. The van der Waals surface area contributed by atoms with Crippen molar-refractivity contribution < 1.29 is 31.5 Å². The van der Waals surface area contributed by atoms with E-state index in [9.17, 15) is 13.6 Å². The van der Waals surface area contributed by atoms with Crippen LogP contribution in [0.15, 0.2) is 59.1 Å². The van der Waals surface area contributed by atoms with Crippen molar-refractivity contribution in [1.82, 2.24) is 25.1 Å². The molecule has 1 fully saturated rings. The molecule has 264 valence electrons. The van der Waals surface area contributed by atoms with Gasteiger partial charge >= 0.3 is 0 Å². The quantitative estimate of drug-likeness (QED) is 0.156. The Morgan fingerprint density at radius 2 is 1.87 bits per heavy atom. The molecule has 1 saturated heterocycles. The number of hydrogen-bond acceptors (Lipinski definition) is 9. The van der Waals surface area contributed by atoms with Gasteiger partial charge in [0.25, 0.3) is 5.91 Å². The summed E-state index contributed by atoms with van der Waals surface area (Å²) in [5.74, 6) is -0.701. The lowest BCUT2D eigenvalue weighted by molar-refractivity contribution is 0.0776. The second kappa shape index (κ2) is 12.4. The second-order valence-electron chi connectivity index (χ2n) is 13.2. The van der Waals surface area contributed by atoms with Crippen LogP contribution < -0.4 is 10.1 Å². The maximum Gasteiger partial charge on any atom is 0.257 e. The number of amides is 1. The van der Waals surface area contributed by atoms with Crippen LogP contribution in [0.1, 0.15) is 75.4 Å². The van der Waals surface area contributed by atoms with Crippen molar-refractivity contribution in [3.63, 3.8) is 0 Å². The van der Waals surface area contributed by atoms with Crippen LogP contribution in [0.4, 0.5) is 23.4 Å². The third-order valence-corrected chi connectivity index (χ3v) is 11.4. The van der Waals surface area contributed by atoms with E-state index in [-0.39, 0.29) is 40.5 Å². The fourth-order valence-electron chi connectivity index (χ4n) is 7.87. The van der Waals surface area contributed by atoms with Crippen molar-refractivity contribution in [3.8, 4) is 27.6 Å². The Bertz CT molecular complexity index is 2400. The summed E-state index contributed by atoms with van der Waals surface area (Å²) in [6, 6.07) is 11.2. The lowest BCUT2D eigenvalue weighted by Crippen LogP contribution is -2.22. The van der Waals surface area contributed by atoms with Crippen LogP contribution in [0, 0.1) is 18.6 Å². The molecule has 9 rings (SSSR count). The van der Waals surface area contributed by atoms with Gasteiger partial charge in [-0.15, -0.1) is 21.5 Å². The van der Waals surface area contributed by atoms with Gasteiger partial charge in [-0.2, -0.15) is 0 Å². The van der Waals surface area contributed by atoms with E-state index in [1.54, 1.807) is 31.3 Å². The van der Waals surface area contributed by atoms with Crippen molar-refractivity contribution in [3.05, 3.63) is 106 Å². The number of carbonyl (C=O) groups is 1. The monoisotopic (exact) mass is 726 g/mol. The number of benzene rings is 2. The number of fused-ring (bicyclic) bond motifs is 5. The molecule has 3 aliphatic rings. The number of carbonyl (C=O) groups excluding carboxylic acids is 1. The van der Waals surface area contributed by atoms with E-state index in [1.165, 1.54) is 36.6 Å². The molecule has 1 unspecified atom stereocenters. The van der Waals surface area contributed by atoms with Gasteiger partial charge < -0.3 is 19.4 Å². The van der Waals surface area contributed by atoms with Gasteiger partial charge in [0.05, 0.1) is 46.4 Å². The molecule has 0 radical (unpaired) electrons. The molecule has 0 spiro atoms. The fraction of sp³-hybridized carbons (Fsp3) is 0.289. The zero-order valence-corrected chi connectivity index (χ0v) is 28.7. The maximum absolute atomic E-state index is 15.7. The molecule has 0 saturated carbocycles. The Morgan fingerprint density at radius 3 is 2.63 bits per heavy atom. The zero-order chi connectivity index (χ0) is 35.8. The molecular formula is C38H30F4N6O3S. The molecular weight excluding hydrogens is 697 g/mol. The number of nitrogens with one attached hydrogen (secondary N) is 1. The van der Waals surface area contributed by atoms with E-state index in [2.05, 4.69) is 20.5 Å². The molecule has 1 N–H and O–H groups in total. The van der Waals surface area contributed by atoms with Crippen molar-refractivity contribution in [1.29, 1.82) is 0 Å². The van der Waals surface area contributed by atoms with Gasteiger partial charge in [-0.3, -0.25) is 9.78 Å². The van der Waals surface area contributed by atoms with Gasteiger partial charge in [0, 0.05) is 35.7 Å². The minimum Gasteiger partial charge on any atom is -0.493 e.